The first-order valence-electron chi connectivity index (χ1n) is 9.55. The highest BCUT2D eigenvalue weighted by Crippen LogP contribution is 2.30. The SMILES string of the molecule is CCC(=O)N(C)c1ccc(-c2ccc(C(=O)CCc3cccnc3F)cn2)c(Cl)c1. The zero-order chi connectivity index (χ0) is 21.7. The van der Waals surface area contributed by atoms with Crippen LogP contribution in [0.3, 0.4) is 0 Å². The van der Waals surface area contributed by atoms with Crippen molar-refractivity contribution in [3.05, 3.63) is 77.0 Å². The first kappa shape index (κ1) is 21.6. The third-order valence-electron chi connectivity index (χ3n) is 4.84. The molecule has 0 fully saturated rings. The molecule has 0 spiro atoms. The van der Waals surface area contributed by atoms with Gasteiger partial charge in [0, 0.05) is 54.7 Å². The van der Waals surface area contributed by atoms with E-state index in [9.17, 15) is 14.0 Å². The Morgan fingerprint density at radius 3 is 2.57 bits per heavy atom. The van der Waals surface area contributed by atoms with Crippen LogP contribution in [0.5, 0.6) is 0 Å². The summed E-state index contributed by atoms with van der Waals surface area (Å²) >= 11 is 6.40. The van der Waals surface area contributed by atoms with Gasteiger partial charge in [-0.05, 0) is 42.8 Å². The zero-order valence-electron chi connectivity index (χ0n) is 16.7. The number of nitrogens with zero attached hydrogens (tertiary/aromatic N) is 3. The fraction of sp³-hybridized carbons (Fsp3) is 0.217. The Morgan fingerprint density at radius 1 is 1.13 bits per heavy atom. The lowest BCUT2D eigenvalue weighted by atomic mass is 10.0. The summed E-state index contributed by atoms with van der Waals surface area (Å²) in [6.45, 7) is 1.80. The minimum Gasteiger partial charge on any atom is -0.315 e. The number of amides is 1. The lowest BCUT2D eigenvalue weighted by Gasteiger charge is -2.17. The third kappa shape index (κ3) is 4.89. The summed E-state index contributed by atoms with van der Waals surface area (Å²) in [5.41, 5.74) is 2.88. The van der Waals surface area contributed by atoms with Crippen molar-refractivity contribution in [2.45, 2.75) is 26.2 Å². The van der Waals surface area contributed by atoms with Crippen molar-refractivity contribution >= 4 is 29.0 Å². The number of halogens is 2. The van der Waals surface area contributed by atoms with Crippen LogP contribution in [0.4, 0.5) is 10.1 Å². The largest absolute Gasteiger partial charge is 0.315 e. The summed E-state index contributed by atoms with van der Waals surface area (Å²) < 4.78 is 13.6. The van der Waals surface area contributed by atoms with Crippen LogP contribution in [-0.2, 0) is 11.2 Å². The van der Waals surface area contributed by atoms with E-state index in [1.54, 1.807) is 61.3 Å². The van der Waals surface area contributed by atoms with Crippen molar-refractivity contribution in [1.29, 1.82) is 0 Å². The van der Waals surface area contributed by atoms with Crippen LogP contribution >= 0.6 is 11.6 Å². The van der Waals surface area contributed by atoms with Gasteiger partial charge in [-0.25, -0.2) is 4.98 Å². The van der Waals surface area contributed by atoms with Gasteiger partial charge in [-0.1, -0.05) is 24.6 Å². The Bertz CT molecular complexity index is 1070. The molecule has 7 heteroatoms. The zero-order valence-corrected chi connectivity index (χ0v) is 17.5. The third-order valence-corrected chi connectivity index (χ3v) is 5.15. The van der Waals surface area contributed by atoms with E-state index in [-0.39, 0.29) is 24.5 Å². The van der Waals surface area contributed by atoms with Crippen LogP contribution in [0.25, 0.3) is 11.3 Å². The monoisotopic (exact) mass is 425 g/mol. The van der Waals surface area contributed by atoms with Crippen molar-refractivity contribution in [3.63, 3.8) is 0 Å². The molecule has 0 radical (unpaired) electrons. The van der Waals surface area contributed by atoms with Crippen LogP contribution < -0.4 is 4.90 Å². The molecule has 5 nitrogen and oxygen atoms in total. The molecule has 0 aliphatic carbocycles. The van der Waals surface area contributed by atoms with Gasteiger partial charge in [-0.2, -0.15) is 4.39 Å². The van der Waals surface area contributed by atoms with E-state index in [4.69, 9.17) is 11.6 Å². The molecule has 0 unspecified atom stereocenters. The lowest BCUT2D eigenvalue weighted by molar-refractivity contribution is -0.118. The van der Waals surface area contributed by atoms with Crippen molar-refractivity contribution in [2.75, 3.05) is 11.9 Å². The number of rotatable bonds is 7. The summed E-state index contributed by atoms with van der Waals surface area (Å²) in [5, 5.41) is 0.460. The van der Waals surface area contributed by atoms with E-state index in [0.717, 1.165) is 0 Å². The summed E-state index contributed by atoms with van der Waals surface area (Å²) in [5.74, 6) is -0.687. The Kier molecular flexibility index (Phi) is 6.90. The van der Waals surface area contributed by atoms with Crippen molar-refractivity contribution < 1.29 is 14.0 Å². The number of Topliss-reactive ketones (excluding diaryl/α,β-unsaturated/α-hetero) is 1. The predicted octanol–water partition coefficient (Wildman–Crippen LogP) is 5.12. The number of carbonyl (C=O) groups is 2. The molecular weight excluding hydrogens is 405 g/mol. The van der Waals surface area contributed by atoms with Crippen molar-refractivity contribution in [2.24, 2.45) is 0 Å². The van der Waals surface area contributed by atoms with E-state index >= 15 is 0 Å². The number of pyridine rings is 2. The van der Waals surface area contributed by atoms with Crippen molar-refractivity contribution in [3.8, 4) is 11.3 Å². The van der Waals surface area contributed by atoms with Crippen LogP contribution in [0, 0.1) is 5.95 Å². The molecule has 0 N–H and O–H groups in total. The second-order valence-corrected chi connectivity index (χ2v) is 7.19. The van der Waals surface area contributed by atoms with E-state index in [1.807, 2.05) is 0 Å². The standard InChI is InChI=1S/C23H21ClFN3O2/c1-3-22(30)28(2)17-8-9-18(19(24)13-17)20-10-6-16(14-27-20)21(29)11-7-15-5-4-12-26-23(15)25/h4-6,8-10,12-14H,3,7,11H2,1-2H3. The number of ketones is 1. The molecule has 2 aromatic heterocycles. The predicted molar refractivity (Wildman–Crippen MR) is 115 cm³/mol. The van der Waals surface area contributed by atoms with E-state index in [1.165, 1.54) is 12.4 Å². The fourth-order valence-electron chi connectivity index (χ4n) is 3.02. The Morgan fingerprint density at radius 2 is 1.93 bits per heavy atom. The smallest absolute Gasteiger partial charge is 0.226 e. The first-order valence-corrected chi connectivity index (χ1v) is 9.93. The molecule has 3 aromatic rings. The maximum atomic E-state index is 13.6. The summed E-state index contributed by atoms with van der Waals surface area (Å²) in [6.07, 6.45) is 3.71. The van der Waals surface area contributed by atoms with Crippen LogP contribution in [0.15, 0.2) is 54.9 Å². The highest BCUT2D eigenvalue weighted by molar-refractivity contribution is 6.33. The number of anilines is 1. The molecule has 0 aliphatic rings. The van der Waals surface area contributed by atoms with Crippen molar-refractivity contribution in [1.82, 2.24) is 9.97 Å². The minimum atomic E-state index is -0.553. The van der Waals surface area contributed by atoms with Gasteiger partial charge < -0.3 is 4.90 Å². The highest BCUT2D eigenvalue weighted by Gasteiger charge is 2.14. The molecule has 0 bridgehead atoms. The first-order chi connectivity index (χ1) is 14.4. The average molecular weight is 426 g/mol. The van der Waals surface area contributed by atoms with Crippen LogP contribution in [0.2, 0.25) is 5.02 Å². The molecule has 154 valence electrons. The fourth-order valence-corrected chi connectivity index (χ4v) is 3.29. The van der Waals surface area contributed by atoms with Crippen LogP contribution in [-0.4, -0.2) is 28.7 Å². The topological polar surface area (TPSA) is 63.2 Å². The van der Waals surface area contributed by atoms with E-state index in [2.05, 4.69) is 9.97 Å². The molecule has 0 aliphatic heterocycles. The summed E-state index contributed by atoms with van der Waals surface area (Å²) in [7, 11) is 1.70. The maximum Gasteiger partial charge on any atom is 0.226 e. The van der Waals surface area contributed by atoms with Gasteiger partial charge in [0.25, 0.3) is 0 Å². The Balaban J connectivity index is 1.71. The van der Waals surface area contributed by atoms with Gasteiger partial charge in [0.15, 0.2) is 5.78 Å². The number of aromatic nitrogens is 2. The number of hydrogen-bond acceptors (Lipinski definition) is 4. The molecular formula is C23H21ClFN3O2. The molecule has 3 rings (SSSR count). The molecule has 1 aromatic carbocycles. The molecule has 1 amide bonds. The molecule has 2 heterocycles. The quantitative estimate of drug-likeness (QED) is 0.389. The van der Waals surface area contributed by atoms with E-state index < -0.39 is 5.95 Å². The van der Waals surface area contributed by atoms with Gasteiger partial charge >= 0.3 is 0 Å². The van der Waals surface area contributed by atoms with E-state index in [0.29, 0.717) is 39.5 Å². The number of hydrogen-bond donors (Lipinski definition) is 0. The Hall–Kier alpha value is -3.12. The molecule has 0 atom stereocenters. The van der Waals surface area contributed by atoms with Gasteiger partial charge in [-0.15, -0.1) is 0 Å². The van der Waals surface area contributed by atoms with Gasteiger partial charge in [0.05, 0.1) is 10.7 Å². The number of benzene rings is 1. The Labute approximate surface area is 179 Å². The molecule has 0 saturated heterocycles. The van der Waals surface area contributed by atoms with Gasteiger partial charge in [0.1, 0.15) is 0 Å². The second-order valence-electron chi connectivity index (χ2n) is 6.78. The minimum absolute atomic E-state index is 0.00836. The van der Waals surface area contributed by atoms with Crippen LogP contribution in [0.1, 0.15) is 35.7 Å². The number of carbonyl (C=O) groups excluding carboxylic acids is 2. The second kappa shape index (κ2) is 9.59. The van der Waals surface area contributed by atoms with Gasteiger partial charge in [-0.3, -0.25) is 14.6 Å². The normalized spacial score (nSPS) is 10.7. The summed E-state index contributed by atoms with van der Waals surface area (Å²) in [6, 6.07) is 12.0. The summed E-state index contributed by atoms with van der Waals surface area (Å²) in [4.78, 5) is 33.8. The number of aryl methyl sites for hydroxylation is 1. The highest BCUT2D eigenvalue weighted by atomic mass is 35.5. The average Bonchev–Trinajstić information content (AvgIpc) is 2.77. The lowest BCUT2D eigenvalue weighted by Crippen LogP contribution is -2.24. The van der Waals surface area contributed by atoms with Gasteiger partial charge in [0.2, 0.25) is 11.9 Å². The molecule has 30 heavy (non-hydrogen) atoms. The maximum absolute atomic E-state index is 13.6. The molecule has 0 saturated carbocycles.